The second-order valence-electron chi connectivity index (χ2n) is 8.65. The minimum absolute atomic E-state index is 0.0954. The van der Waals surface area contributed by atoms with E-state index in [0.29, 0.717) is 30.3 Å². The van der Waals surface area contributed by atoms with E-state index in [1.54, 1.807) is 0 Å². The highest BCUT2D eigenvalue weighted by Gasteiger charge is 2.52. The summed E-state index contributed by atoms with van der Waals surface area (Å²) < 4.78 is 0. The molecule has 1 aromatic rings. The average Bonchev–Trinajstić information content (AvgIpc) is 2.98. The summed E-state index contributed by atoms with van der Waals surface area (Å²) in [5.74, 6) is -0.0746. The molecule has 1 atom stereocenters. The lowest BCUT2D eigenvalue weighted by Gasteiger charge is -2.33. The Hall–Kier alpha value is -2.12. The number of likely N-dealkylation sites (N-methyl/N-ethyl adjacent to an activating group) is 1. The molecule has 3 rings (SSSR count). The van der Waals surface area contributed by atoms with Gasteiger partial charge in [-0.3, -0.25) is 19.4 Å². The Morgan fingerprint density at radius 2 is 1.90 bits per heavy atom. The zero-order valence-corrected chi connectivity index (χ0v) is 19.4. The summed E-state index contributed by atoms with van der Waals surface area (Å²) in [6, 6.07) is 7.04. The predicted octanol–water partition coefficient (Wildman–Crippen LogP) is 3.34. The molecule has 0 aromatic heterocycles. The third-order valence-corrected chi connectivity index (χ3v) is 7.03. The number of halogens is 1. The van der Waals surface area contributed by atoms with E-state index in [4.69, 9.17) is 11.6 Å². The van der Waals surface area contributed by atoms with Crippen LogP contribution in [0.15, 0.2) is 24.3 Å². The largest absolute Gasteiger partial charge is 0.353 e. The van der Waals surface area contributed by atoms with Crippen molar-refractivity contribution >= 4 is 29.4 Å². The van der Waals surface area contributed by atoms with Crippen molar-refractivity contribution in [1.82, 2.24) is 20.4 Å². The van der Waals surface area contributed by atoms with E-state index in [-0.39, 0.29) is 24.4 Å². The fraction of sp³-hybridized carbons (Fsp3) is 0.609. The number of benzene rings is 1. The van der Waals surface area contributed by atoms with Gasteiger partial charge in [-0.2, -0.15) is 0 Å². The first-order chi connectivity index (χ1) is 14.8. The van der Waals surface area contributed by atoms with E-state index < -0.39 is 11.6 Å². The lowest BCUT2D eigenvalue weighted by molar-refractivity contribution is -0.136. The molecule has 8 heteroatoms. The first-order valence-corrected chi connectivity index (χ1v) is 11.6. The van der Waals surface area contributed by atoms with Gasteiger partial charge in [-0.05, 0) is 56.3 Å². The maximum absolute atomic E-state index is 13.0. The van der Waals surface area contributed by atoms with Crippen molar-refractivity contribution in [2.24, 2.45) is 5.92 Å². The summed E-state index contributed by atoms with van der Waals surface area (Å²) in [6.45, 7) is 7.96. The number of nitrogens with one attached hydrogen (secondary N) is 2. The number of urea groups is 1. The van der Waals surface area contributed by atoms with Crippen LogP contribution in [0.5, 0.6) is 0 Å². The van der Waals surface area contributed by atoms with E-state index in [1.807, 2.05) is 24.3 Å². The van der Waals surface area contributed by atoms with Crippen LogP contribution in [0.1, 0.15) is 58.1 Å². The molecule has 0 radical (unpaired) electrons. The van der Waals surface area contributed by atoms with Crippen molar-refractivity contribution in [2.45, 2.75) is 58.0 Å². The molecule has 31 heavy (non-hydrogen) atoms. The van der Waals surface area contributed by atoms with Gasteiger partial charge in [-0.25, -0.2) is 4.79 Å². The number of hydrogen-bond donors (Lipinski definition) is 2. The first kappa shape index (κ1) is 23.5. The number of imide groups is 1. The van der Waals surface area contributed by atoms with Crippen molar-refractivity contribution in [1.29, 1.82) is 0 Å². The van der Waals surface area contributed by atoms with Crippen molar-refractivity contribution in [3.8, 4) is 0 Å². The van der Waals surface area contributed by atoms with Gasteiger partial charge < -0.3 is 10.6 Å². The van der Waals surface area contributed by atoms with Gasteiger partial charge >= 0.3 is 6.03 Å². The quantitative estimate of drug-likeness (QED) is 0.597. The molecule has 1 saturated carbocycles. The van der Waals surface area contributed by atoms with Gasteiger partial charge in [0.15, 0.2) is 0 Å². The molecule has 0 bridgehead atoms. The number of nitrogens with zero attached hydrogens (tertiary/aromatic N) is 2. The highest BCUT2D eigenvalue weighted by atomic mass is 35.5. The lowest BCUT2D eigenvalue weighted by atomic mass is 9.77. The highest BCUT2D eigenvalue weighted by molar-refractivity contribution is 6.31. The topological polar surface area (TPSA) is 81.8 Å². The van der Waals surface area contributed by atoms with Gasteiger partial charge in [0.05, 0.1) is 6.04 Å². The molecule has 2 fully saturated rings. The van der Waals surface area contributed by atoms with Gasteiger partial charge in [-0.1, -0.05) is 50.6 Å². The first-order valence-electron chi connectivity index (χ1n) is 11.2. The lowest BCUT2D eigenvalue weighted by Crippen LogP contribution is -2.50. The molecule has 1 saturated heterocycles. The van der Waals surface area contributed by atoms with Crippen LogP contribution in [-0.4, -0.2) is 59.4 Å². The summed E-state index contributed by atoms with van der Waals surface area (Å²) in [5.41, 5.74) is 0.115. The second-order valence-corrected chi connectivity index (χ2v) is 9.06. The molecule has 1 aliphatic carbocycles. The van der Waals surface area contributed by atoms with Crippen LogP contribution >= 0.6 is 11.6 Å². The van der Waals surface area contributed by atoms with Crippen LogP contribution in [-0.2, 0) is 9.59 Å². The van der Waals surface area contributed by atoms with Gasteiger partial charge in [0.25, 0.3) is 5.91 Å². The number of carbonyl (C=O) groups excluding carboxylic acids is 3. The van der Waals surface area contributed by atoms with Crippen molar-refractivity contribution in [3.63, 3.8) is 0 Å². The van der Waals surface area contributed by atoms with Gasteiger partial charge in [0.1, 0.15) is 12.1 Å². The van der Waals surface area contributed by atoms with Gasteiger partial charge in [-0.15, -0.1) is 0 Å². The van der Waals surface area contributed by atoms with E-state index in [1.165, 1.54) is 0 Å². The normalized spacial score (nSPS) is 24.5. The van der Waals surface area contributed by atoms with Crippen LogP contribution in [0.4, 0.5) is 4.79 Å². The van der Waals surface area contributed by atoms with Crippen LogP contribution < -0.4 is 10.6 Å². The van der Waals surface area contributed by atoms with E-state index >= 15 is 0 Å². The Balaban J connectivity index is 1.64. The highest BCUT2D eigenvalue weighted by Crippen LogP contribution is 2.36. The summed E-state index contributed by atoms with van der Waals surface area (Å²) in [6.07, 6.45) is 3.06. The SMILES string of the molecule is CCN(CC)C(CNC(=O)CN1C(=O)NC2(CCC(C)CC2)C1=O)c1ccccc1Cl. The molecular weight excluding hydrogens is 416 g/mol. The molecule has 1 heterocycles. The van der Waals surface area contributed by atoms with Gasteiger partial charge in [0.2, 0.25) is 5.91 Å². The Labute approximate surface area is 189 Å². The molecule has 1 aromatic carbocycles. The molecule has 7 nitrogen and oxygen atoms in total. The average molecular weight is 449 g/mol. The summed E-state index contributed by atoms with van der Waals surface area (Å²) in [4.78, 5) is 41.4. The molecule has 4 amide bonds. The summed E-state index contributed by atoms with van der Waals surface area (Å²) in [5, 5.41) is 6.42. The monoisotopic (exact) mass is 448 g/mol. The third-order valence-electron chi connectivity index (χ3n) is 6.69. The van der Waals surface area contributed by atoms with E-state index in [9.17, 15) is 14.4 Å². The molecule has 1 unspecified atom stereocenters. The molecule has 1 spiro atoms. The van der Waals surface area contributed by atoms with E-state index in [2.05, 4.69) is 36.3 Å². The maximum atomic E-state index is 13.0. The van der Waals surface area contributed by atoms with Crippen LogP contribution in [0.3, 0.4) is 0 Å². The molecule has 2 N–H and O–H groups in total. The fourth-order valence-corrected chi connectivity index (χ4v) is 4.93. The summed E-state index contributed by atoms with van der Waals surface area (Å²) >= 11 is 6.42. The number of rotatable bonds is 8. The number of amides is 4. The minimum Gasteiger partial charge on any atom is -0.353 e. The Morgan fingerprint density at radius 1 is 1.26 bits per heavy atom. The molecule has 170 valence electrons. The zero-order valence-electron chi connectivity index (χ0n) is 18.6. The molecule has 1 aliphatic heterocycles. The fourth-order valence-electron chi connectivity index (χ4n) is 4.67. The second kappa shape index (κ2) is 10.0. The summed E-state index contributed by atoms with van der Waals surface area (Å²) in [7, 11) is 0. The predicted molar refractivity (Wildman–Crippen MR) is 121 cm³/mol. The Kier molecular flexibility index (Phi) is 7.59. The Bertz CT molecular complexity index is 819. The van der Waals surface area contributed by atoms with Crippen molar-refractivity contribution in [2.75, 3.05) is 26.2 Å². The molecular formula is C23H33ClN4O3. The van der Waals surface area contributed by atoms with Crippen molar-refractivity contribution < 1.29 is 14.4 Å². The van der Waals surface area contributed by atoms with Gasteiger partial charge in [0, 0.05) is 11.6 Å². The van der Waals surface area contributed by atoms with Crippen molar-refractivity contribution in [3.05, 3.63) is 34.9 Å². The number of hydrogen-bond acceptors (Lipinski definition) is 4. The van der Waals surface area contributed by atoms with Crippen LogP contribution in [0, 0.1) is 5.92 Å². The zero-order chi connectivity index (χ0) is 22.6. The Morgan fingerprint density at radius 3 is 2.52 bits per heavy atom. The standard InChI is InChI=1S/C23H33ClN4O3/c1-4-27(5-2)19(17-8-6-7-9-18(17)24)14-25-20(29)15-28-21(30)23(26-22(28)31)12-10-16(3)11-13-23/h6-9,16,19H,4-5,10-15H2,1-3H3,(H,25,29)(H,26,31). The molecule has 2 aliphatic rings. The van der Waals surface area contributed by atoms with Crippen LogP contribution in [0.25, 0.3) is 0 Å². The minimum atomic E-state index is -0.828. The van der Waals surface area contributed by atoms with E-state index in [0.717, 1.165) is 36.4 Å². The van der Waals surface area contributed by atoms with Crippen LogP contribution in [0.2, 0.25) is 5.02 Å². The number of carbonyl (C=O) groups is 3. The third kappa shape index (κ3) is 5.04. The maximum Gasteiger partial charge on any atom is 0.325 e. The smallest absolute Gasteiger partial charge is 0.325 e.